The van der Waals surface area contributed by atoms with E-state index in [-0.39, 0.29) is 6.04 Å². The third kappa shape index (κ3) is 5.95. The summed E-state index contributed by atoms with van der Waals surface area (Å²) in [5.41, 5.74) is 4.64. The minimum atomic E-state index is -1.40. The van der Waals surface area contributed by atoms with Crippen molar-refractivity contribution in [2.75, 3.05) is 13.6 Å². The maximum Gasteiger partial charge on any atom is 0.377 e. The Kier molecular flexibility index (Phi) is 7.93. The smallest absolute Gasteiger partial charge is 0.377 e. The second-order valence-electron chi connectivity index (χ2n) is 9.10. The van der Waals surface area contributed by atoms with Gasteiger partial charge in [-0.05, 0) is 66.1 Å². The molecule has 0 fully saturated rings. The predicted octanol–water partition coefficient (Wildman–Crippen LogP) is 5.04. The van der Waals surface area contributed by atoms with Crippen LogP contribution in [0.1, 0.15) is 51.5 Å². The number of hydrogen-bond acceptors (Lipinski definition) is 3. The van der Waals surface area contributed by atoms with Gasteiger partial charge >= 0.3 is 5.97 Å². The minimum Gasteiger partial charge on any atom is -0.475 e. The van der Waals surface area contributed by atoms with Gasteiger partial charge in [-0.15, -0.1) is 0 Å². The molecule has 2 N–H and O–H groups in total. The first kappa shape index (κ1) is 24.6. The van der Waals surface area contributed by atoms with Gasteiger partial charge in [0.05, 0.1) is 6.04 Å². The summed E-state index contributed by atoms with van der Waals surface area (Å²) in [7, 11) is 2.02. The number of rotatable bonds is 8. The van der Waals surface area contributed by atoms with Crippen LogP contribution in [-0.2, 0) is 17.6 Å². The minimum absolute atomic E-state index is 0.0286. The Morgan fingerprint density at radius 2 is 1.63 bits per heavy atom. The van der Waals surface area contributed by atoms with Crippen LogP contribution in [0.5, 0.6) is 0 Å². The van der Waals surface area contributed by atoms with Crippen molar-refractivity contribution < 1.29 is 14.7 Å². The highest BCUT2D eigenvalue weighted by atomic mass is 32.1. The Labute approximate surface area is 211 Å². The number of carbonyl (C=O) groups excluding carboxylic acids is 1. The molecule has 0 amide bonds. The second kappa shape index (κ2) is 11.3. The van der Waals surface area contributed by atoms with E-state index in [0.717, 1.165) is 54.5 Å². The first-order valence-corrected chi connectivity index (χ1v) is 12.3. The number of aliphatic carboxylic acids is 1. The molecule has 5 nitrogen and oxygen atoms in total. The maximum absolute atomic E-state index is 12.1. The molecule has 0 aliphatic heterocycles. The van der Waals surface area contributed by atoms with Crippen LogP contribution in [0.3, 0.4) is 0 Å². The van der Waals surface area contributed by atoms with Gasteiger partial charge in [0.25, 0.3) is 5.78 Å². The van der Waals surface area contributed by atoms with Crippen LogP contribution < -0.4 is 5.32 Å². The summed E-state index contributed by atoms with van der Waals surface area (Å²) in [6.07, 6.45) is 3.48. The Balaban J connectivity index is 1.38. The summed E-state index contributed by atoms with van der Waals surface area (Å²) in [6.45, 7) is 0.815. The first-order valence-electron chi connectivity index (χ1n) is 11.9. The van der Waals surface area contributed by atoms with E-state index in [0.29, 0.717) is 16.6 Å². The van der Waals surface area contributed by atoms with Crippen LogP contribution >= 0.6 is 12.2 Å². The SMILES string of the molecule is CN(CCC1CCc2c(cccc2C(=O)C(=O)O)C1)C(=S)NC(c1ccccc1)c1ccccc1. The van der Waals surface area contributed by atoms with E-state index in [1.807, 2.05) is 49.5 Å². The molecule has 0 bridgehead atoms. The highest BCUT2D eigenvalue weighted by molar-refractivity contribution is 7.80. The maximum atomic E-state index is 12.1. The van der Waals surface area contributed by atoms with E-state index in [9.17, 15) is 9.59 Å². The van der Waals surface area contributed by atoms with Gasteiger partial charge in [-0.2, -0.15) is 0 Å². The third-order valence-corrected chi connectivity index (χ3v) is 7.21. The van der Waals surface area contributed by atoms with E-state index in [1.54, 1.807) is 12.1 Å². The number of nitrogens with one attached hydrogen (secondary N) is 1. The zero-order valence-electron chi connectivity index (χ0n) is 19.8. The highest BCUT2D eigenvalue weighted by Crippen LogP contribution is 2.30. The number of benzene rings is 3. The van der Waals surface area contributed by atoms with E-state index in [1.165, 1.54) is 0 Å². The normalized spacial score (nSPS) is 14.7. The molecule has 1 atom stereocenters. The fourth-order valence-corrected chi connectivity index (χ4v) is 5.03. The molecule has 0 spiro atoms. The molecule has 3 aromatic carbocycles. The summed E-state index contributed by atoms with van der Waals surface area (Å²) in [4.78, 5) is 25.3. The van der Waals surface area contributed by atoms with E-state index < -0.39 is 11.8 Å². The van der Waals surface area contributed by atoms with Crippen molar-refractivity contribution in [1.82, 2.24) is 10.2 Å². The molecular weight excluding hydrogens is 456 g/mol. The van der Waals surface area contributed by atoms with Crippen LogP contribution in [0.25, 0.3) is 0 Å². The van der Waals surface area contributed by atoms with Crippen LogP contribution in [0, 0.1) is 5.92 Å². The molecule has 1 aliphatic rings. The molecule has 1 unspecified atom stereocenters. The summed E-state index contributed by atoms with van der Waals surface area (Å²) in [6, 6.07) is 26.0. The monoisotopic (exact) mass is 486 g/mol. The molecule has 0 heterocycles. The van der Waals surface area contributed by atoms with Crippen molar-refractivity contribution in [2.45, 2.75) is 31.7 Å². The average molecular weight is 487 g/mol. The summed E-state index contributed by atoms with van der Waals surface area (Å²) in [5.74, 6) is -1.75. The largest absolute Gasteiger partial charge is 0.475 e. The lowest BCUT2D eigenvalue weighted by molar-refractivity contribution is -0.131. The Morgan fingerprint density at radius 3 is 2.23 bits per heavy atom. The number of thiocarbonyl (C=S) groups is 1. The topological polar surface area (TPSA) is 69.6 Å². The van der Waals surface area contributed by atoms with Crippen molar-refractivity contribution >= 4 is 29.1 Å². The summed E-state index contributed by atoms with van der Waals surface area (Å²) < 4.78 is 0. The van der Waals surface area contributed by atoms with E-state index in [4.69, 9.17) is 17.3 Å². The number of carboxylic acids is 1. The van der Waals surface area contributed by atoms with Gasteiger partial charge in [0, 0.05) is 19.2 Å². The molecule has 35 heavy (non-hydrogen) atoms. The van der Waals surface area contributed by atoms with Crippen LogP contribution in [0.4, 0.5) is 0 Å². The van der Waals surface area contributed by atoms with Crippen molar-refractivity contribution in [3.05, 3.63) is 107 Å². The Hall–Kier alpha value is -3.51. The second-order valence-corrected chi connectivity index (χ2v) is 9.49. The zero-order chi connectivity index (χ0) is 24.8. The number of ketones is 1. The fraction of sp³-hybridized carbons (Fsp3) is 0.276. The molecule has 1 aliphatic carbocycles. The zero-order valence-corrected chi connectivity index (χ0v) is 20.6. The van der Waals surface area contributed by atoms with Gasteiger partial charge in [0.1, 0.15) is 0 Å². The Morgan fingerprint density at radius 1 is 1.00 bits per heavy atom. The van der Waals surface area contributed by atoms with Crippen molar-refractivity contribution in [3.63, 3.8) is 0 Å². The predicted molar refractivity (Wildman–Crippen MR) is 142 cm³/mol. The number of carbonyl (C=O) groups is 2. The number of carboxylic acid groups (broad SMARTS) is 1. The van der Waals surface area contributed by atoms with Crippen LogP contribution in [0.2, 0.25) is 0 Å². The lowest BCUT2D eigenvalue weighted by Gasteiger charge is -2.30. The molecule has 0 aromatic heterocycles. The molecule has 4 rings (SSSR count). The number of fused-ring (bicyclic) bond motifs is 1. The first-order chi connectivity index (χ1) is 16.9. The third-order valence-electron chi connectivity index (χ3n) is 6.78. The lowest BCUT2D eigenvalue weighted by atomic mass is 9.79. The van der Waals surface area contributed by atoms with Crippen LogP contribution in [0.15, 0.2) is 78.9 Å². The summed E-state index contributed by atoms with van der Waals surface area (Å²) >= 11 is 5.77. The molecule has 6 heteroatoms. The molecule has 0 radical (unpaired) electrons. The fourth-order valence-electron chi connectivity index (χ4n) is 4.82. The van der Waals surface area contributed by atoms with Gasteiger partial charge in [-0.25, -0.2) is 4.79 Å². The van der Waals surface area contributed by atoms with Gasteiger partial charge < -0.3 is 15.3 Å². The van der Waals surface area contributed by atoms with Gasteiger partial charge in [-0.1, -0.05) is 78.9 Å². The molecule has 0 saturated heterocycles. The number of hydrogen-bond donors (Lipinski definition) is 2. The number of Topliss-reactive ketones (excluding diaryl/α,β-unsaturated/α-hetero) is 1. The van der Waals surface area contributed by atoms with Crippen LogP contribution in [-0.4, -0.2) is 40.5 Å². The van der Waals surface area contributed by atoms with Gasteiger partial charge in [0.15, 0.2) is 5.11 Å². The van der Waals surface area contributed by atoms with E-state index >= 15 is 0 Å². The Bertz CT molecular complexity index is 1160. The average Bonchev–Trinajstić information content (AvgIpc) is 2.90. The van der Waals surface area contributed by atoms with Gasteiger partial charge in [0.2, 0.25) is 0 Å². The quantitative estimate of drug-likeness (QED) is 0.264. The van der Waals surface area contributed by atoms with Crippen molar-refractivity contribution in [3.8, 4) is 0 Å². The molecule has 0 saturated carbocycles. The lowest BCUT2D eigenvalue weighted by Crippen LogP contribution is -2.40. The summed E-state index contributed by atoms with van der Waals surface area (Å²) in [5, 5.41) is 13.4. The standard InChI is InChI=1S/C29H30N2O3S/c1-31(29(35)30-26(21-9-4-2-5-10-21)22-11-6-3-7-12-22)18-17-20-15-16-24-23(19-20)13-8-14-25(24)27(32)28(33)34/h2-14,20,26H,15-19H2,1H3,(H,30,35)(H,33,34). The van der Waals surface area contributed by atoms with E-state index in [2.05, 4.69) is 34.5 Å². The van der Waals surface area contributed by atoms with Gasteiger partial charge in [-0.3, -0.25) is 4.79 Å². The molecule has 180 valence electrons. The molecule has 3 aromatic rings. The highest BCUT2D eigenvalue weighted by Gasteiger charge is 2.26. The van der Waals surface area contributed by atoms with Crippen molar-refractivity contribution in [2.24, 2.45) is 5.92 Å². The van der Waals surface area contributed by atoms with Crippen molar-refractivity contribution in [1.29, 1.82) is 0 Å². The number of nitrogens with zero attached hydrogens (tertiary/aromatic N) is 1. The molecular formula is C29H30N2O3S.